The molecule has 0 bridgehead atoms. The molecule has 0 radical (unpaired) electrons. The predicted octanol–water partition coefficient (Wildman–Crippen LogP) is 1.81. The first kappa shape index (κ1) is 14.6. The monoisotopic (exact) mass is 319 g/mol. The Labute approximate surface area is 130 Å². The highest BCUT2D eigenvalue weighted by Gasteiger charge is 2.31. The lowest BCUT2D eigenvalue weighted by Crippen LogP contribution is -2.37. The molecule has 1 aliphatic rings. The van der Waals surface area contributed by atoms with E-state index in [2.05, 4.69) is 10.3 Å². The fourth-order valence-electron chi connectivity index (χ4n) is 2.46. The molecule has 3 rings (SSSR count). The second-order valence-electron chi connectivity index (χ2n) is 5.15. The van der Waals surface area contributed by atoms with Crippen molar-refractivity contribution in [3.8, 4) is 0 Å². The minimum absolute atomic E-state index is 0.0483. The van der Waals surface area contributed by atoms with Crippen LogP contribution in [0.4, 0.5) is 4.39 Å². The van der Waals surface area contributed by atoms with Crippen molar-refractivity contribution in [3.63, 3.8) is 0 Å². The van der Waals surface area contributed by atoms with Crippen molar-refractivity contribution >= 4 is 23.2 Å². The van der Waals surface area contributed by atoms with Gasteiger partial charge in [0.25, 0.3) is 5.91 Å². The largest absolute Gasteiger partial charge is 0.346 e. The lowest BCUT2D eigenvalue weighted by atomic mass is 10.2. The fraction of sp³-hybridized carbons (Fsp3) is 0.267. The third-order valence-corrected chi connectivity index (χ3v) is 4.06. The smallest absolute Gasteiger partial charge is 0.271 e. The van der Waals surface area contributed by atoms with Gasteiger partial charge in [-0.05, 0) is 17.7 Å². The molecule has 1 saturated heterocycles. The number of carbonyl (C=O) groups excluding carboxylic acids is 2. The molecule has 1 fully saturated rings. The quantitative estimate of drug-likeness (QED) is 0.935. The molecule has 1 atom stereocenters. The molecule has 1 N–H and O–H groups in total. The number of hydrogen-bond donors (Lipinski definition) is 1. The van der Waals surface area contributed by atoms with E-state index in [9.17, 15) is 14.0 Å². The SMILES string of the molecule is O=C(N[C@H]1CC(=O)N(Cc2cccc(F)c2)C1)c1cscn1. The summed E-state index contributed by atoms with van der Waals surface area (Å²) in [5.41, 5.74) is 2.69. The fourth-order valence-corrected chi connectivity index (χ4v) is 2.99. The summed E-state index contributed by atoms with van der Waals surface area (Å²) >= 11 is 1.35. The summed E-state index contributed by atoms with van der Waals surface area (Å²) in [5.74, 6) is -0.642. The summed E-state index contributed by atoms with van der Waals surface area (Å²) in [6, 6.07) is 5.93. The molecule has 0 saturated carbocycles. The predicted molar refractivity (Wildman–Crippen MR) is 79.8 cm³/mol. The average molecular weight is 319 g/mol. The maximum absolute atomic E-state index is 13.2. The van der Waals surface area contributed by atoms with Crippen LogP contribution in [0.25, 0.3) is 0 Å². The number of thiazole rings is 1. The van der Waals surface area contributed by atoms with Gasteiger partial charge in [0.05, 0.1) is 11.6 Å². The molecule has 0 spiro atoms. The van der Waals surface area contributed by atoms with Crippen LogP contribution in [0.5, 0.6) is 0 Å². The number of halogens is 1. The maximum Gasteiger partial charge on any atom is 0.271 e. The van der Waals surface area contributed by atoms with Crippen LogP contribution in [-0.2, 0) is 11.3 Å². The Bertz CT molecular complexity index is 690. The van der Waals surface area contributed by atoms with Gasteiger partial charge in [-0.3, -0.25) is 9.59 Å². The summed E-state index contributed by atoms with van der Waals surface area (Å²) in [6.45, 7) is 0.769. The second-order valence-corrected chi connectivity index (χ2v) is 5.87. The summed E-state index contributed by atoms with van der Waals surface area (Å²) in [4.78, 5) is 29.5. The van der Waals surface area contributed by atoms with E-state index in [4.69, 9.17) is 0 Å². The Balaban J connectivity index is 1.60. The summed E-state index contributed by atoms with van der Waals surface area (Å²) < 4.78 is 13.2. The Hall–Kier alpha value is -2.28. The van der Waals surface area contributed by atoms with Crippen molar-refractivity contribution in [2.45, 2.75) is 19.0 Å². The zero-order valence-electron chi connectivity index (χ0n) is 11.7. The van der Waals surface area contributed by atoms with Gasteiger partial charge in [-0.1, -0.05) is 12.1 Å². The Morgan fingerprint density at radius 1 is 1.50 bits per heavy atom. The minimum Gasteiger partial charge on any atom is -0.346 e. The number of nitrogens with one attached hydrogen (secondary N) is 1. The van der Waals surface area contributed by atoms with Gasteiger partial charge in [0.2, 0.25) is 5.91 Å². The van der Waals surface area contributed by atoms with Crippen LogP contribution >= 0.6 is 11.3 Å². The molecule has 7 heteroatoms. The number of aromatic nitrogens is 1. The average Bonchev–Trinajstić information content (AvgIpc) is 3.10. The normalized spacial score (nSPS) is 17.8. The third-order valence-electron chi connectivity index (χ3n) is 3.48. The first-order valence-corrected chi connectivity index (χ1v) is 7.77. The summed E-state index contributed by atoms with van der Waals surface area (Å²) in [5, 5.41) is 4.47. The van der Waals surface area contributed by atoms with Crippen molar-refractivity contribution in [3.05, 3.63) is 52.2 Å². The van der Waals surface area contributed by atoms with Gasteiger partial charge in [-0.15, -0.1) is 11.3 Å². The highest BCUT2D eigenvalue weighted by molar-refractivity contribution is 7.07. The van der Waals surface area contributed by atoms with Gasteiger partial charge >= 0.3 is 0 Å². The molecule has 2 heterocycles. The molecule has 0 unspecified atom stereocenters. The molecule has 2 aromatic rings. The standard InChI is InChI=1S/C15H14FN3O2S/c16-11-3-1-2-10(4-11)6-19-7-12(5-14(19)20)18-15(21)13-8-22-9-17-13/h1-4,8-9,12H,5-7H2,(H,18,21)/t12-/m0/s1. The molecule has 114 valence electrons. The lowest BCUT2D eigenvalue weighted by Gasteiger charge is -2.17. The Morgan fingerprint density at radius 2 is 2.36 bits per heavy atom. The molecule has 5 nitrogen and oxygen atoms in total. The Morgan fingerprint density at radius 3 is 3.09 bits per heavy atom. The van der Waals surface area contributed by atoms with E-state index in [0.717, 1.165) is 5.56 Å². The number of benzene rings is 1. The molecule has 22 heavy (non-hydrogen) atoms. The first-order valence-electron chi connectivity index (χ1n) is 6.83. The van der Waals surface area contributed by atoms with E-state index >= 15 is 0 Å². The van der Waals surface area contributed by atoms with Crippen LogP contribution in [-0.4, -0.2) is 34.3 Å². The first-order chi connectivity index (χ1) is 10.6. The van der Waals surface area contributed by atoms with E-state index in [1.165, 1.54) is 23.5 Å². The number of nitrogens with zero attached hydrogens (tertiary/aromatic N) is 2. The summed E-state index contributed by atoms with van der Waals surface area (Å²) in [6.07, 6.45) is 0.255. The van der Waals surface area contributed by atoms with Crippen molar-refractivity contribution in [1.29, 1.82) is 0 Å². The van der Waals surface area contributed by atoms with E-state index in [1.54, 1.807) is 27.9 Å². The lowest BCUT2D eigenvalue weighted by molar-refractivity contribution is -0.128. The highest BCUT2D eigenvalue weighted by Crippen LogP contribution is 2.16. The number of carbonyl (C=O) groups is 2. The zero-order valence-corrected chi connectivity index (χ0v) is 12.5. The van der Waals surface area contributed by atoms with E-state index in [0.29, 0.717) is 18.8 Å². The van der Waals surface area contributed by atoms with E-state index < -0.39 is 0 Å². The maximum atomic E-state index is 13.2. The van der Waals surface area contributed by atoms with Gasteiger partial charge in [0.15, 0.2) is 0 Å². The van der Waals surface area contributed by atoms with Gasteiger partial charge < -0.3 is 10.2 Å². The van der Waals surface area contributed by atoms with Gasteiger partial charge in [0, 0.05) is 24.9 Å². The molecule has 1 aromatic carbocycles. The van der Waals surface area contributed by atoms with E-state index in [-0.39, 0.29) is 30.1 Å². The number of hydrogen-bond acceptors (Lipinski definition) is 4. The summed E-state index contributed by atoms with van der Waals surface area (Å²) in [7, 11) is 0. The van der Waals surface area contributed by atoms with Crippen molar-refractivity contribution < 1.29 is 14.0 Å². The van der Waals surface area contributed by atoms with Crippen LogP contribution in [0.3, 0.4) is 0 Å². The third kappa shape index (κ3) is 3.30. The minimum atomic E-state index is -0.322. The van der Waals surface area contributed by atoms with Crippen molar-refractivity contribution in [2.24, 2.45) is 0 Å². The zero-order chi connectivity index (χ0) is 15.5. The van der Waals surface area contributed by atoms with Gasteiger partial charge in [-0.25, -0.2) is 9.37 Å². The molecule has 1 aromatic heterocycles. The van der Waals surface area contributed by atoms with Crippen LogP contribution in [0, 0.1) is 5.82 Å². The number of amides is 2. The van der Waals surface area contributed by atoms with Crippen LogP contribution in [0.15, 0.2) is 35.2 Å². The molecular formula is C15H14FN3O2S. The number of likely N-dealkylation sites (tertiary alicyclic amines) is 1. The molecular weight excluding hydrogens is 305 g/mol. The van der Waals surface area contributed by atoms with Crippen LogP contribution in [0.1, 0.15) is 22.5 Å². The molecule has 0 aliphatic carbocycles. The van der Waals surface area contributed by atoms with Crippen molar-refractivity contribution in [1.82, 2.24) is 15.2 Å². The topological polar surface area (TPSA) is 62.3 Å². The van der Waals surface area contributed by atoms with E-state index in [1.807, 2.05) is 0 Å². The molecule has 2 amide bonds. The van der Waals surface area contributed by atoms with Gasteiger partial charge in [-0.2, -0.15) is 0 Å². The number of rotatable bonds is 4. The second kappa shape index (κ2) is 6.23. The van der Waals surface area contributed by atoms with Crippen LogP contribution in [0.2, 0.25) is 0 Å². The van der Waals surface area contributed by atoms with Crippen LogP contribution < -0.4 is 5.32 Å². The molecule has 1 aliphatic heterocycles. The van der Waals surface area contributed by atoms with Gasteiger partial charge in [0.1, 0.15) is 11.5 Å². The van der Waals surface area contributed by atoms with Crippen molar-refractivity contribution in [2.75, 3.05) is 6.54 Å². The Kier molecular flexibility index (Phi) is 4.15. The highest BCUT2D eigenvalue weighted by atomic mass is 32.1.